The summed E-state index contributed by atoms with van der Waals surface area (Å²) in [6, 6.07) is 13.3. The molecule has 0 fully saturated rings. The van der Waals surface area contributed by atoms with Gasteiger partial charge in [-0.05, 0) is 24.3 Å². The van der Waals surface area contributed by atoms with Crippen molar-refractivity contribution < 1.29 is 9.53 Å². The van der Waals surface area contributed by atoms with Crippen LogP contribution >= 0.6 is 0 Å². The molecule has 3 rings (SSSR count). The number of nitrogens with one attached hydrogen (secondary N) is 2. The Morgan fingerprint density at radius 2 is 1.95 bits per heavy atom. The highest BCUT2D eigenvalue weighted by Crippen LogP contribution is 2.24. The van der Waals surface area contributed by atoms with E-state index in [1.165, 1.54) is 7.11 Å². The number of fused-ring (bicyclic) bond motifs is 1. The van der Waals surface area contributed by atoms with Crippen molar-refractivity contribution in [3.8, 4) is 0 Å². The molecular weight excluding hydrogens is 280 g/mol. The first-order chi connectivity index (χ1) is 10.8. The van der Waals surface area contributed by atoms with Gasteiger partial charge in [0.2, 0.25) is 0 Å². The number of benzene rings is 1. The number of aromatic nitrogens is 2. The quantitative estimate of drug-likeness (QED) is 0.772. The lowest BCUT2D eigenvalue weighted by Crippen LogP contribution is -2.11. The first kappa shape index (κ1) is 13.8. The maximum Gasteiger partial charge on any atom is 0.411 e. The molecule has 0 saturated carbocycles. The van der Waals surface area contributed by atoms with Crippen LogP contribution in [0.1, 0.15) is 0 Å². The van der Waals surface area contributed by atoms with E-state index in [1.54, 1.807) is 24.5 Å². The van der Waals surface area contributed by atoms with Crippen LogP contribution in [0.4, 0.5) is 22.0 Å². The average Bonchev–Trinajstić information content (AvgIpc) is 2.57. The number of pyridine rings is 2. The molecular formula is C16H14N4O2. The van der Waals surface area contributed by atoms with Crippen molar-refractivity contribution in [2.24, 2.45) is 0 Å². The molecule has 0 unspecified atom stereocenters. The maximum atomic E-state index is 11.1. The Hall–Kier alpha value is -3.15. The Balaban J connectivity index is 1.82. The average molecular weight is 294 g/mol. The number of anilines is 3. The molecule has 110 valence electrons. The van der Waals surface area contributed by atoms with Gasteiger partial charge >= 0.3 is 6.09 Å². The van der Waals surface area contributed by atoms with E-state index >= 15 is 0 Å². The van der Waals surface area contributed by atoms with Gasteiger partial charge in [-0.15, -0.1) is 0 Å². The lowest BCUT2D eigenvalue weighted by Gasteiger charge is -2.09. The van der Waals surface area contributed by atoms with Crippen molar-refractivity contribution in [3.05, 3.63) is 54.9 Å². The lowest BCUT2D eigenvalue weighted by atomic mass is 10.2. The first-order valence-corrected chi connectivity index (χ1v) is 6.68. The summed E-state index contributed by atoms with van der Waals surface area (Å²) in [5, 5.41) is 6.82. The molecule has 2 aromatic heterocycles. The third-order valence-electron chi connectivity index (χ3n) is 3.09. The summed E-state index contributed by atoms with van der Waals surface area (Å²) in [6.45, 7) is 0. The smallest absolute Gasteiger partial charge is 0.411 e. The topological polar surface area (TPSA) is 76.1 Å². The van der Waals surface area contributed by atoms with E-state index in [4.69, 9.17) is 0 Å². The molecule has 6 heteroatoms. The number of hydrogen-bond acceptors (Lipinski definition) is 5. The Labute approximate surface area is 127 Å². The fraction of sp³-hybridized carbons (Fsp3) is 0.0625. The van der Waals surface area contributed by atoms with Crippen molar-refractivity contribution in [3.63, 3.8) is 0 Å². The molecule has 22 heavy (non-hydrogen) atoms. The van der Waals surface area contributed by atoms with E-state index in [1.807, 2.05) is 30.3 Å². The highest BCUT2D eigenvalue weighted by Gasteiger charge is 2.04. The summed E-state index contributed by atoms with van der Waals surface area (Å²) in [5.41, 5.74) is 2.32. The molecule has 0 aliphatic rings. The molecule has 2 heterocycles. The third-order valence-corrected chi connectivity index (χ3v) is 3.09. The Bertz CT molecular complexity index is 797. The van der Waals surface area contributed by atoms with Gasteiger partial charge < -0.3 is 10.1 Å². The van der Waals surface area contributed by atoms with E-state index in [0.29, 0.717) is 11.5 Å². The van der Waals surface area contributed by atoms with Crippen LogP contribution in [0, 0.1) is 0 Å². The van der Waals surface area contributed by atoms with Crippen LogP contribution in [-0.2, 0) is 4.74 Å². The van der Waals surface area contributed by atoms with Crippen LogP contribution in [-0.4, -0.2) is 23.2 Å². The largest absolute Gasteiger partial charge is 0.453 e. The van der Waals surface area contributed by atoms with E-state index < -0.39 is 6.09 Å². The van der Waals surface area contributed by atoms with Gasteiger partial charge in [0.05, 0.1) is 30.2 Å². The number of rotatable bonds is 3. The summed E-state index contributed by atoms with van der Waals surface area (Å²) in [4.78, 5) is 19.8. The minimum absolute atomic E-state index is 0.527. The maximum absolute atomic E-state index is 11.1. The number of ether oxygens (including phenoxy) is 1. The minimum Gasteiger partial charge on any atom is -0.453 e. The lowest BCUT2D eigenvalue weighted by molar-refractivity contribution is 0.187. The van der Waals surface area contributed by atoms with Crippen molar-refractivity contribution in [1.29, 1.82) is 0 Å². The first-order valence-electron chi connectivity index (χ1n) is 6.68. The molecule has 2 N–H and O–H groups in total. The van der Waals surface area contributed by atoms with Gasteiger partial charge in [0, 0.05) is 11.6 Å². The highest BCUT2D eigenvalue weighted by atomic mass is 16.5. The number of carbonyl (C=O) groups excluding carboxylic acids is 1. The van der Waals surface area contributed by atoms with Crippen LogP contribution in [0.2, 0.25) is 0 Å². The normalized spacial score (nSPS) is 10.2. The van der Waals surface area contributed by atoms with Gasteiger partial charge in [0.25, 0.3) is 0 Å². The van der Waals surface area contributed by atoms with Gasteiger partial charge in [-0.1, -0.05) is 18.2 Å². The van der Waals surface area contributed by atoms with Crippen LogP contribution in [0.3, 0.4) is 0 Å². The van der Waals surface area contributed by atoms with E-state index in [2.05, 4.69) is 25.3 Å². The number of methoxy groups -OCH3 is 1. The molecule has 1 amide bonds. The molecule has 0 radical (unpaired) electrons. The number of hydrogen-bond donors (Lipinski definition) is 2. The summed E-state index contributed by atoms with van der Waals surface area (Å²) in [6.07, 6.45) is 2.78. The molecule has 0 bridgehead atoms. The van der Waals surface area contributed by atoms with Crippen molar-refractivity contribution in [2.45, 2.75) is 0 Å². The van der Waals surface area contributed by atoms with Crippen LogP contribution < -0.4 is 10.6 Å². The highest BCUT2D eigenvalue weighted by molar-refractivity contribution is 5.91. The monoisotopic (exact) mass is 294 g/mol. The standard InChI is InChI=1S/C16H14N4O2/c1-22-16(21)19-12-7-8-14(18-10-12)20-13-6-2-4-11-5-3-9-17-15(11)13/h2-10H,1H3,(H,18,20)(H,19,21). The predicted molar refractivity (Wildman–Crippen MR) is 85.3 cm³/mol. The summed E-state index contributed by atoms with van der Waals surface area (Å²) in [5.74, 6) is 0.661. The second-order valence-corrected chi connectivity index (χ2v) is 4.55. The minimum atomic E-state index is -0.527. The number of para-hydroxylation sites is 1. The van der Waals surface area contributed by atoms with Gasteiger partial charge in [-0.2, -0.15) is 0 Å². The van der Waals surface area contributed by atoms with Gasteiger partial charge in [-0.25, -0.2) is 9.78 Å². The van der Waals surface area contributed by atoms with Crippen molar-refractivity contribution in [1.82, 2.24) is 9.97 Å². The molecule has 6 nitrogen and oxygen atoms in total. The molecule has 0 atom stereocenters. The second kappa shape index (κ2) is 6.09. The zero-order chi connectivity index (χ0) is 15.4. The van der Waals surface area contributed by atoms with Gasteiger partial charge in [-0.3, -0.25) is 10.3 Å². The molecule has 0 saturated heterocycles. The molecule has 0 aliphatic carbocycles. The Morgan fingerprint density at radius 1 is 1.09 bits per heavy atom. The van der Waals surface area contributed by atoms with Crippen LogP contribution in [0.5, 0.6) is 0 Å². The zero-order valence-electron chi connectivity index (χ0n) is 11.9. The van der Waals surface area contributed by atoms with E-state index in [0.717, 1.165) is 16.6 Å². The Kier molecular flexibility index (Phi) is 3.82. The van der Waals surface area contributed by atoms with Crippen LogP contribution in [0.15, 0.2) is 54.9 Å². The summed E-state index contributed by atoms with van der Waals surface area (Å²) in [7, 11) is 1.31. The summed E-state index contributed by atoms with van der Waals surface area (Å²) < 4.78 is 4.53. The molecule has 0 spiro atoms. The van der Waals surface area contributed by atoms with Gasteiger partial charge in [0.1, 0.15) is 5.82 Å². The second-order valence-electron chi connectivity index (χ2n) is 4.55. The number of nitrogens with zero attached hydrogens (tertiary/aromatic N) is 2. The fourth-order valence-electron chi connectivity index (χ4n) is 2.05. The van der Waals surface area contributed by atoms with Crippen molar-refractivity contribution in [2.75, 3.05) is 17.7 Å². The summed E-state index contributed by atoms with van der Waals surface area (Å²) >= 11 is 0. The Morgan fingerprint density at radius 3 is 2.73 bits per heavy atom. The number of carbonyl (C=O) groups is 1. The predicted octanol–water partition coefficient (Wildman–Crippen LogP) is 3.55. The molecule has 0 aliphatic heterocycles. The van der Waals surface area contributed by atoms with E-state index in [9.17, 15) is 4.79 Å². The van der Waals surface area contributed by atoms with Crippen molar-refractivity contribution >= 4 is 34.2 Å². The molecule has 3 aromatic rings. The van der Waals surface area contributed by atoms with Crippen LogP contribution in [0.25, 0.3) is 10.9 Å². The molecule has 1 aromatic carbocycles. The zero-order valence-corrected chi connectivity index (χ0v) is 11.9. The van der Waals surface area contributed by atoms with E-state index in [-0.39, 0.29) is 0 Å². The fourth-order valence-corrected chi connectivity index (χ4v) is 2.05. The third kappa shape index (κ3) is 2.95. The van der Waals surface area contributed by atoms with Gasteiger partial charge in [0.15, 0.2) is 0 Å². The number of amides is 1. The SMILES string of the molecule is COC(=O)Nc1ccc(Nc2cccc3cccnc23)nc1.